The van der Waals surface area contributed by atoms with Crippen LogP contribution in [-0.2, 0) is 0 Å². The average molecular weight is 283 g/mol. The molecule has 0 saturated carbocycles. The van der Waals surface area contributed by atoms with Crippen molar-refractivity contribution in [2.24, 2.45) is 0 Å². The summed E-state index contributed by atoms with van der Waals surface area (Å²) in [5.41, 5.74) is 6.08. The lowest BCUT2D eigenvalue weighted by Gasteiger charge is -2.16. The summed E-state index contributed by atoms with van der Waals surface area (Å²) in [6, 6.07) is 23.2. The van der Waals surface area contributed by atoms with E-state index in [1.54, 1.807) is 0 Å². The van der Waals surface area contributed by atoms with Crippen LogP contribution in [0.5, 0.6) is 0 Å². The Morgan fingerprint density at radius 3 is 2.50 bits per heavy atom. The van der Waals surface area contributed by atoms with Crippen molar-refractivity contribution in [3.8, 4) is 0 Å². The lowest BCUT2D eigenvalue weighted by molar-refractivity contribution is 1.05. The van der Waals surface area contributed by atoms with Gasteiger partial charge in [0.05, 0.1) is 11.2 Å². The molecule has 1 aliphatic carbocycles. The second kappa shape index (κ2) is 5.61. The lowest BCUT2D eigenvalue weighted by Crippen LogP contribution is -1.97. The Balaban J connectivity index is 1.89. The Kier molecular flexibility index (Phi) is 3.32. The zero-order valence-electron chi connectivity index (χ0n) is 12.4. The van der Waals surface area contributed by atoms with E-state index in [4.69, 9.17) is 4.98 Å². The maximum Gasteiger partial charge on any atom is 0.0709 e. The van der Waals surface area contributed by atoms with Crippen molar-refractivity contribution in [2.45, 2.75) is 12.8 Å². The largest absolute Gasteiger partial charge is 0.248 e. The van der Waals surface area contributed by atoms with Crippen LogP contribution in [-0.4, -0.2) is 4.98 Å². The Morgan fingerprint density at radius 2 is 1.59 bits per heavy atom. The Bertz CT molecular complexity index is 873. The number of benzene rings is 2. The second-order valence-corrected chi connectivity index (χ2v) is 5.59. The maximum atomic E-state index is 4.88. The number of hydrogen-bond acceptors (Lipinski definition) is 1. The fraction of sp³-hybridized carbons (Fsp3) is 0.0952. The third kappa shape index (κ3) is 2.35. The molecule has 0 amide bonds. The van der Waals surface area contributed by atoms with Gasteiger partial charge in [0.25, 0.3) is 0 Å². The molecule has 0 unspecified atom stereocenters. The standard InChI is InChI=1S/C21H17N/c1-2-8-16(9-3-1)18-11-5-6-12-19(18)21-15-14-17-10-4-7-13-20(17)22-21/h1-5,7-11,13-15H,6,12H2. The molecule has 3 aromatic rings. The molecule has 0 fully saturated rings. The molecule has 2 aromatic carbocycles. The first-order chi connectivity index (χ1) is 10.9. The Morgan fingerprint density at radius 1 is 0.773 bits per heavy atom. The summed E-state index contributed by atoms with van der Waals surface area (Å²) in [5, 5.41) is 1.19. The number of hydrogen-bond donors (Lipinski definition) is 0. The summed E-state index contributed by atoms with van der Waals surface area (Å²) in [7, 11) is 0. The number of para-hydroxylation sites is 1. The number of allylic oxidation sites excluding steroid dienone is 4. The SMILES string of the molecule is C1=CC(c2ccccc2)=C(c2ccc3ccccc3n2)CC1. The highest BCUT2D eigenvalue weighted by atomic mass is 14.7. The van der Waals surface area contributed by atoms with Crippen molar-refractivity contribution >= 4 is 22.0 Å². The van der Waals surface area contributed by atoms with Crippen molar-refractivity contribution < 1.29 is 0 Å². The molecule has 1 heteroatoms. The predicted octanol–water partition coefficient (Wildman–Crippen LogP) is 5.50. The van der Waals surface area contributed by atoms with E-state index < -0.39 is 0 Å². The summed E-state index contributed by atoms with van der Waals surface area (Å²) >= 11 is 0. The number of pyridine rings is 1. The third-order valence-electron chi connectivity index (χ3n) is 4.16. The zero-order valence-corrected chi connectivity index (χ0v) is 12.4. The van der Waals surface area contributed by atoms with Crippen LogP contribution in [0.4, 0.5) is 0 Å². The van der Waals surface area contributed by atoms with Crippen LogP contribution in [0.15, 0.2) is 78.9 Å². The summed E-state index contributed by atoms with van der Waals surface area (Å²) < 4.78 is 0. The van der Waals surface area contributed by atoms with Crippen LogP contribution < -0.4 is 0 Å². The average Bonchev–Trinajstić information content (AvgIpc) is 2.62. The summed E-state index contributed by atoms with van der Waals surface area (Å²) in [6.07, 6.45) is 6.63. The van der Waals surface area contributed by atoms with Crippen LogP contribution in [0, 0.1) is 0 Å². The van der Waals surface area contributed by atoms with Gasteiger partial charge in [-0.05, 0) is 41.7 Å². The van der Waals surface area contributed by atoms with Gasteiger partial charge in [0, 0.05) is 5.39 Å². The van der Waals surface area contributed by atoms with Gasteiger partial charge in [-0.2, -0.15) is 0 Å². The van der Waals surface area contributed by atoms with Gasteiger partial charge >= 0.3 is 0 Å². The Labute approximate surface area is 130 Å². The molecule has 0 aliphatic heterocycles. The van der Waals surface area contributed by atoms with Crippen LogP contribution in [0.25, 0.3) is 22.0 Å². The van der Waals surface area contributed by atoms with E-state index in [9.17, 15) is 0 Å². The number of fused-ring (bicyclic) bond motifs is 1. The minimum Gasteiger partial charge on any atom is -0.248 e. The molecule has 0 saturated heterocycles. The maximum absolute atomic E-state index is 4.88. The van der Waals surface area contributed by atoms with E-state index in [1.165, 1.54) is 22.1 Å². The normalized spacial score (nSPS) is 14.5. The molecule has 0 radical (unpaired) electrons. The molecule has 106 valence electrons. The van der Waals surface area contributed by atoms with E-state index in [1.807, 2.05) is 6.07 Å². The van der Waals surface area contributed by atoms with E-state index in [-0.39, 0.29) is 0 Å². The number of rotatable bonds is 2. The van der Waals surface area contributed by atoms with E-state index >= 15 is 0 Å². The van der Waals surface area contributed by atoms with Crippen molar-refractivity contribution in [3.63, 3.8) is 0 Å². The molecule has 0 N–H and O–H groups in total. The van der Waals surface area contributed by atoms with E-state index in [0.29, 0.717) is 0 Å². The van der Waals surface area contributed by atoms with Gasteiger partial charge in [-0.15, -0.1) is 0 Å². The summed E-state index contributed by atoms with van der Waals surface area (Å²) in [6.45, 7) is 0. The highest BCUT2D eigenvalue weighted by Crippen LogP contribution is 2.34. The number of nitrogens with zero attached hydrogens (tertiary/aromatic N) is 1. The monoisotopic (exact) mass is 283 g/mol. The van der Waals surface area contributed by atoms with Crippen molar-refractivity contribution in [3.05, 3.63) is 90.1 Å². The molecule has 1 aliphatic rings. The van der Waals surface area contributed by atoms with Gasteiger partial charge in [-0.3, -0.25) is 0 Å². The second-order valence-electron chi connectivity index (χ2n) is 5.59. The van der Waals surface area contributed by atoms with Gasteiger partial charge < -0.3 is 0 Å². The topological polar surface area (TPSA) is 12.9 Å². The lowest BCUT2D eigenvalue weighted by atomic mass is 9.90. The molecule has 0 bridgehead atoms. The van der Waals surface area contributed by atoms with Gasteiger partial charge in [0.15, 0.2) is 0 Å². The highest BCUT2D eigenvalue weighted by molar-refractivity contribution is 5.96. The predicted molar refractivity (Wildman–Crippen MR) is 93.4 cm³/mol. The highest BCUT2D eigenvalue weighted by Gasteiger charge is 2.13. The van der Waals surface area contributed by atoms with Crippen molar-refractivity contribution in [1.82, 2.24) is 4.98 Å². The van der Waals surface area contributed by atoms with Gasteiger partial charge in [0.2, 0.25) is 0 Å². The molecule has 4 rings (SSSR count). The third-order valence-corrected chi connectivity index (χ3v) is 4.16. The van der Waals surface area contributed by atoms with Gasteiger partial charge in [-0.1, -0.05) is 66.7 Å². The fourth-order valence-corrected chi connectivity index (χ4v) is 3.05. The first-order valence-corrected chi connectivity index (χ1v) is 7.73. The van der Waals surface area contributed by atoms with Crippen LogP contribution in [0.1, 0.15) is 24.1 Å². The molecule has 0 spiro atoms. The molecule has 1 heterocycles. The first-order valence-electron chi connectivity index (χ1n) is 7.73. The van der Waals surface area contributed by atoms with Crippen LogP contribution in [0.2, 0.25) is 0 Å². The molecular formula is C21H17N. The number of aromatic nitrogens is 1. The fourth-order valence-electron chi connectivity index (χ4n) is 3.05. The molecular weight excluding hydrogens is 266 g/mol. The molecule has 1 nitrogen and oxygen atoms in total. The minimum absolute atomic E-state index is 1.05. The molecule has 22 heavy (non-hydrogen) atoms. The van der Waals surface area contributed by atoms with E-state index in [2.05, 4.69) is 72.8 Å². The van der Waals surface area contributed by atoms with E-state index in [0.717, 1.165) is 24.1 Å². The zero-order chi connectivity index (χ0) is 14.8. The van der Waals surface area contributed by atoms with Crippen molar-refractivity contribution in [1.29, 1.82) is 0 Å². The van der Waals surface area contributed by atoms with Crippen molar-refractivity contribution in [2.75, 3.05) is 0 Å². The molecule has 0 atom stereocenters. The summed E-state index contributed by atoms with van der Waals surface area (Å²) in [4.78, 5) is 4.88. The summed E-state index contributed by atoms with van der Waals surface area (Å²) in [5.74, 6) is 0. The Hall–Kier alpha value is -2.67. The minimum atomic E-state index is 1.05. The quantitative estimate of drug-likeness (QED) is 0.605. The van der Waals surface area contributed by atoms with Gasteiger partial charge in [-0.25, -0.2) is 4.98 Å². The smallest absolute Gasteiger partial charge is 0.0709 e. The van der Waals surface area contributed by atoms with Gasteiger partial charge in [0.1, 0.15) is 0 Å². The van der Waals surface area contributed by atoms with Crippen LogP contribution in [0.3, 0.4) is 0 Å². The van der Waals surface area contributed by atoms with Crippen LogP contribution >= 0.6 is 0 Å². The molecule has 1 aromatic heterocycles. The first kappa shape index (κ1) is 13.0.